The topological polar surface area (TPSA) is 21.6 Å². The number of nitrogens with zero attached hydrogens (tertiary/aromatic N) is 1. The van der Waals surface area contributed by atoms with Crippen LogP contribution >= 0.6 is 22.6 Å². The molecule has 0 amide bonds. The molecular formula is C13H14INO. The lowest BCUT2D eigenvalue weighted by Crippen LogP contribution is -2.02. The van der Waals surface area contributed by atoms with Crippen molar-refractivity contribution in [3.8, 4) is 5.75 Å². The van der Waals surface area contributed by atoms with Crippen molar-refractivity contribution in [3.63, 3.8) is 0 Å². The summed E-state index contributed by atoms with van der Waals surface area (Å²) in [6.07, 6.45) is 6.98. The highest BCUT2D eigenvalue weighted by molar-refractivity contribution is 14.1. The minimum Gasteiger partial charge on any atom is -0.496 e. The Morgan fingerprint density at radius 3 is 2.94 bits per heavy atom. The predicted octanol–water partition coefficient (Wildman–Crippen LogP) is 3.85. The first-order valence-electron chi connectivity index (χ1n) is 5.33. The molecule has 0 aliphatic carbocycles. The molecule has 0 N–H and O–H groups in total. The molecule has 16 heavy (non-hydrogen) atoms. The quantitative estimate of drug-likeness (QED) is 0.756. The van der Waals surface area contributed by atoms with Crippen LogP contribution in [-0.2, 0) is 0 Å². The molecule has 2 rings (SSSR count). The largest absolute Gasteiger partial charge is 0.496 e. The van der Waals surface area contributed by atoms with Gasteiger partial charge in [0.1, 0.15) is 5.75 Å². The van der Waals surface area contributed by atoms with Gasteiger partial charge in [0.2, 0.25) is 0 Å². The molecule has 1 unspecified atom stereocenters. The molecule has 2 nitrogen and oxygen atoms in total. The van der Waals surface area contributed by atoms with E-state index in [1.807, 2.05) is 18.5 Å². The SMILES string of the molecule is CCC1C=NC=Cc2cc(OC)c(I)cc21. The molecule has 84 valence electrons. The van der Waals surface area contributed by atoms with Gasteiger partial charge in [0.15, 0.2) is 0 Å². The van der Waals surface area contributed by atoms with Crippen molar-refractivity contribution in [1.29, 1.82) is 0 Å². The van der Waals surface area contributed by atoms with E-state index in [0.717, 1.165) is 15.7 Å². The lowest BCUT2D eigenvalue weighted by atomic mass is 9.93. The van der Waals surface area contributed by atoms with Crippen molar-refractivity contribution in [3.05, 3.63) is 33.0 Å². The Morgan fingerprint density at radius 2 is 2.25 bits per heavy atom. The summed E-state index contributed by atoms with van der Waals surface area (Å²) in [5.74, 6) is 1.34. The fourth-order valence-corrected chi connectivity index (χ4v) is 2.60. The number of fused-ring (bicyclic) bond motifs is 1. The summed E-state index contributed by atoms with van der Waals surface area (Å²) in [5.41, 5.74) is 2.55. The number of rotatable bonds is 2. The maximum absolute atomic E-state index is 5.34. The molecule has 0 fully saturated rings. The maximum Gasteiger partial charge on any atom is 0.132 e. The minimum atomic E-state index is 0.407. The van der Waals surface area contributed by atoms with E-state index >= 15 is 0 Å². The summed E-state index contributed by atoms with van der Waals surface area (Å²) in [4.78, 5) is 4.27. The van der Waals surface area contributed by atoms with Gasteiger partial charge in [-0.1, -0.05) is 6.92 Å². The van der Waals surface area contributed by atoms with E-state index in [4.69, 9.17) is 4.74 Å². The lowest BCUT2D eigenvalue weighted by molar-refractivity contribution is 0.411. The predicted molar refractivity (Wildman–Crippen MR) is 76.3 cm³/mol. The van der Waals surface area contributed by atoms with E-state index in [1.54, 1.807) is 7.11 Å². The number of halogens is 1. The van der Waals surface area contributed by atoms with Crippen molar-refractivity contribution in [1.82, 2.24) is 0 Å². The molecule has 0 aromatic heterocycles. The van der Waals surface area contributed by atoms with Crippen LogP contribution in [0.1, 0.15) is 30.4 Å². The first kappa shape index (κ1) is 11.6. The smallest absolute Gasteiger partial charge is 0.132 e. The molecule has 3 heteroatoms. The third kappa shape index (κ3) is 2.14. The highest BCUT2D eigenvalue weighted by Crippen LogP contribution is 2.32. The maximum atomic E-state index is 5.34. The molecule has 0 radical (unpaired) electrons. The van der Waals surface area contributed by atoms with Crippen LogP contribution in [0, 0.1) is 3.57 Å². The minimum absolute atomic E-state index is 0.407. The van der Waals surface area contributed by atoms with Crippen LogP contribution in [0.2, 0.25) is 0 Å². The van der Waals surface area contributed by atoms with Crippen LogP contribution in [-0.4, -0.2) is 13.3 Å². The van der Waals surface area contributed by atoms with Gasteiger partial charge in [0.25, 0.3) is 0 Å². The molecule has 1 atom stereocenters. The van der Waals surface area contributed by atoms with Gasteiger partial charge in [0, 0.05) is 18.3 Å². The highest BCUT2D eigenvalue weighted by atomic mass is 127. The van der Waals surface area contributed by atoms with Gasteiger partial charge in [-0.15, -0.1) is 0 Å². The van der Waals surface area contributed by atoms with Gasteiger partial charge < -0.3 is 4.74 Å². The molecule has 0 saturated heterocycles. The van der Waals surface area contributed by atoms with Crippen molar-refractivity contribution < 1.29 is 4.74 Å². The van der Waals surface area contributed by atoms with E-state index in [-0.39, 0.29) is 0 Å². The molecule has 0 spiro atoms. The van der Waals surface area contributed by atoms with Crippen molar-refractivity contribution in [2.24, 2.45) is 4.99 Å². The third-order valence-corrected chi connectivity index (χ3v) is 3.65. The molecule has 1 heterocycles. The third-order valence-electron chi connectivity index (χ3n) is 2.80. The van der Waals surface area contributed by atoms with Crippen LogP contribution in [0.3, 0.4) is 0 Å². The zero-order chi connectivity index (χ0) is 11.5. The number of methoxy groups -OCH3 is 1. The number of aliphatic imine (C=N–C) groups is 1. The highest BCUT2D eigenvalue weighted by Gasteiger charge is 2.15. The normalized spacial score (nSPS) is 18.1. The Morgan fingerprint density at radius 1 is 1.44 bits per heavy atom. The number of hydrogen-bond acceptors (Lipinski definition) is 2. The summed E-state index contributed by atoms with van der Waals surface area (Å²) in [5, 5.41) is 0. The van der Waals surface area contributed by atoms with E-state index in [2.05, 4.69) is 46.6 Å². The number of benzene rings is 1. The molecule has 1 aliphatic rings. The zero-order valence-corrected chi connectivity index (χ0v) is 11.6. The average molecular weight is 327 g/mol. The Labute approximate surface area is 110 Å². The van der Waals surface area contributed by atoms with Gasteiger partial charge in [0.05, 0.1) is 10.7 Å². The standard InChI is InChI=1S/C13H14INO/c1-3-9-8-15-5-4-10-6-13(16-2)12(14)7-11(9)10/h4-9H,3H2,1-2H3. The molecule has 1 aliphatic heterocycles. The molecule has 1 aromatic carbocycles. The van der Waals surface area contributed by atoms with E-state index in [0.29, 0.717) is 5.92 Å². The van der Waals surface area contributed by atoms with Gasteiger partial charge >= 0.3 is 0 Å². The second-order valence-corrected chi connectivity index (χ2v) is 4.91. The van der Waals surface area contributed by atoms with Gasteiger partial charge in [-0.05, 0) is 58.3 Å². The molecule has 0 saturated carbocycles. The second-order valence-electron chi connectivity index (χ2n) is 3.74. The van der Waals surface area contributed by atoms with Gasteiger partial charge in [-0.25, -0.2) is 0 Å². The van der Waals surface area contributed by atoms with Gasteiger partial charge in [-0.2, -0.15) is 0 Å². The molecular weight excluding hydrogens is 313 g/mol. The first-order valence-corrected chi connectivity index (χ1v) is 6.41. The molecule has 0 bridgehead atoms. The van der Waals surface area contributed by atoms with Crippen LogP contribution in [0.25, 0.3) is 6.08 Å². The van der Waals surface area contributed by atoms with E-state index in [1.165, 1.54) is 11.1 Å². The summed E-state index contributed by atoms with van der Waals surface area (Å²) in [6.45, 7) is 2.18. The van der Waals surface area contributed by atoms with Crippen molar-refractivity contribution >= 4 is 34.9 Å². The van der Waals surface area contributed by atoms with E-state index < -0.39 is 0 Å². The average Bonchev–Trinajstić information content (AvgIpc) is 2.49. The lowest BCUT2D eigenvalue weighted by Gasteiger charge is -2.14. The fraction of sp³-hybridized carbons (Fsp3) is 0.308. The van der Waals surface area contributed by atoms with Crippen LogP contribution in [0.15, 0.2) is 23.3 Å². The Hall–Kier alpha value is -0.840. The van der Waals surface area contributed by atoms with Crippen LogP contribution < -0.4 is 4.74 Å². The fourth-order valence-electron chi connectivity index (χ4n) is 1.89. The van der Waals surface area contributed by atoms with Gasteiger partial charge in [-0.3, -0.25) is 4.99 Å². The Bertz CT molecular complexity index is 451. The Balaban J connectivity index is 2.56. The summed E-state index contributed by atoms with van der Waals surface area (Å²) < 4.78 is 6.49. The number of ether oxygens (including phenoxy) is 1. The number of hydrogen-bond donors (Lipinski definition) is 0. The zero-order valence-electron chi connectivity index (χ0n) is 9.40. The molecule has 1 aromatic rings. The van der Waals surface area contributed by atoms with Crippen LogP contribution in [0.5, 0.6) is 5.75 Å². The second kappa shape index (κ2) is 4.99. The van der Waals surface area contributed by atoms with Crippen molar-refractivity contribution in [2.75, 3.05) is 7.11 Å². The first-order chi connectivity index (χ1) is 7.76. The van der Waals surface area contributed by atoms with Crippen molar-refractivity contribution in [2.45, 2.75) is 19.3 Å². The van der Waals surface area contributed by atoms with Crippen LogP contribution in [0.4, 0.5) is 0 Å². The monoisotopic (exact) mass is 327 g/mol. The summed E-state index contributed by atoms with van der Waals surface area (Å²) >= 11 is 2.31. The van der Waals surface area contributed by atoms with E-state index in [9.17, 15) is 0 Å². The Kier molecular flexibility index (Phi) is 3.63. The summed E-state index contributed by atoms with van der Waals surface area (Å²) in [6, 6.07) is 4.29. The summed E-state index contributed by atoms with van der Waals surface area (Å²) in [7, 11) is 1.71.